The second-order valence-corrected chi connectivity index (χ2v) is 7.85. The quantitative estimate of drug-likeness (QED) is 0.370. The van der Waals surface area contributed by atoms with Gasteiger partial charge in [0.05, 0.1) is 11.0 Å². The molecular weight excluding hydrogens is 314 g/mol. The van der Waals surface area contributed by atoms with Gasteiger partial charge in [0.25, 0.3) is 0 Å². The third kappa shape index (κ3) is 1.97. The molecule has 0 spiro atoms. The van der Waals surface area contributed by atoms with Crippen LogP contribution in [0.2, 0.25) is 0 Å². The topological polar surface area (TPSA) is 4.93 Å². The summed E-state index contributed by atoms with van der Waals surface area (Å²) in [4.78, 5) is 0. The van der Waals surface area contributed by atoms with Crippen LogP contribution in [0.15, 0.2) is 84.9 Å². The van der Waals surface area contributed by atoms with Crippen molar-refractivity contribution in [1.82, 2.24) is 4.57 Å². The highest BCUT2D eigenvalue weighted by atomic mass is 15.0. The van der Waals surface area contributed by atoms with Crippen molar-refractivity contribution in [3.05, 3.63) is 90.5 Å². The van der Waals surface area contributed by atoms with Gasteiger partial charge in [-0.2, -0.15) is 0 Å². The first-order valence-electron chi connectivity index (χ1n) is 9.65. The van der Waals surface area contributed by atoms with Crippen molar-refractivity contribution in [3.63, 3.8) is 0 Å². The lowest BCUT2D eigenvalue weighted by Gasteiger charge is -2.18. The van der Waals surface area contributed by atoms with Gasteiger partial charge in [-0.1, -0.05) is 54.6 Å². The van der Waals surface area contributed by atoms with E-state index in [1.807, 2.05) is 0 Å². The van der Waals surface area contributed by atoms with Gasteiger partial charge >= 0.3 is 0 Å². The van der Waals surface area contributed by atoms with Crippen molar-refractivity contribution in [1.29, 1.82) is 0 Å². The SMILES string of the molecule is C1=CC2CC1CC2c1ccc2c(c1)c1ccccc1n2-c1ccccc1. The summed E-state index contributed by atoms with van der Waals surface area (Å²) in [6.07, 6.45) is 7.57. The van der Waals surface area contributed by atoms with E-state index in [0.717, 1.165) is 11.8 Å². The van der Waals surface area contributed by atoms with Crippen LogP contribution in [0.1, 0.15) is 24.3 Å². The van der Waals surface area contributed by atoms with E-state index in [1.54, 1.807) is 0 Å². The third-order valence-electron chi connectivity index (χ3n) is 6.42. The zero-order valence-corrected chi connectivity index (χ0v) is 14.7. The molecule has 0 N–H and O–H groups in total. The fourth-order valence-electron chi connectivity index (χ4n) is 5.24. The number of hydrogen-bond acceptors (Lipinski definition) is 0. The molecule has 1 heterocycles. The average molecular weight is 335 g/mol. The lowest BCUT2D eigenvalue weighted by Crippen LogP contribution is -2.04. The molecule has 0 saturated heterocycles. The molecule has 3 unspecified atom stereocenters. The molecule has 6 rings (SSSR count). The van der Waals surface area contributed by atoms with Crippen molar-refractivity contribution in [3.8, 4) is 5.69 Å². The van der Waals surface area contributed by atoms with Crippen LogP contribution < -0.4 is 0 Å². The Kier molecular flexibility index (Phi) is 2.96. The number of para-hydroxylation sites is 2. The molecule has 1 nitrogen and oxygen atoms in total. The minimum absolute atomic E-state index is 0.702. The van der Waals surface area contributed by atoms with Crippen molar-refractivity contribution in [2.24, 2.45) is 11.8 Å². The molecule has 0 radical (unpaired) electrons. The summed E-state index contributed by atoms with van der Waals surface area (Å²) >= 11 is 0. The van der Waals surface area contributed by atoms with Crippen molar-refractivity contribution < 1.29 is 0 Å². The highest BCUT2D eigenvalue weighted by Crippen LogP contribution is 2.49. The molecule has 0 amide bonds. The summed E-state index contributed by atoms with van der Waals surface area (Å²) in [6.45, 7) is 0. The minimum atomic E-state index is 0.702. The average Bonchev–Trinajstić information content (AvgIpc) is 3.41. The van der Waals surface area contributed by atoms with E-state index >= 15 is 0 Å². The van der Waals surface area contributed by atoms with Crippen LogP contribution in [-0.2, 0) is 0 Å². The largest absolute Gasteiger partial charge is 0.309 e. The predicted octanol–water partition coefficient (Wildman–Crippen LogP) is 6.46. The molecular formula is C25H21N. The van der Waals surface area contributed by atoms with Crippen molar-refractivity contribution in [2.75, 3.05) is 0 Å². The highest BCUT2D eigenvalue weighted by molar-refractivity contribution is 6.09. The van der Waals surface area contributed by atoms with E-state index in [1.165, 1.54) is 45.9 Å². The Morgan fingerprint density at radius 3 is 2.31 bits per heavy atom. The number of rotatable bonds is 2. The Bertz CT molecular complexity index is 1150. The summed E-state index contributed by atoms with van der Waals surface area (Å²) in [5.41, 5.74) is 5.35. The van der Waals surface area contributed by atoms with Gasteiger partial charge in [0, 0.05) is 16.5 Å². The number of fused-ring (bicyclic) bond motifs is 5. The monoisotopic (exact) mass is 335 g/mol. The zero-order chi connectivity index (χ0) is 17.1. The van der Waals surface area contributed by atoms with E-state index in [0.29, 0.717) is 5.92 Å². The molecule has 2 aliphatic carbocycles. The Morgan fingerprint density at radius 2 is 1.50 bits per heavy atom. The minimum Gasteiger partial charge on any atom is -0.309 e. The summed E-state index contributed by atoms with van der Waals surface area (Å²) in [7, 11) is 0. The van der Waals surface area contributed by atoms with Gasteiger partial charge in [-0.05, 0) is 66.5 Å². The van der Waals surface area contributed by atoms with Gasteiger partial charge in [0.2, 0.25) is 0 Å². The molecule has 3 aromatic carbocycles. The van der Waals surface area contributed by atoms with Crippen LogP contribution in [0.5, 0.6) is 0 Å². The molecule has 1 saturated carbocycles. The zero-order valence-electron chi connectivity index (χ0n) is 14.7. The van der Waals surface area contributed by atoms with Crippen LogP contribution in [0.25, 0.3) is 27.5 Å². The number of allylic oxidation sites excluding steroid dienone is 2. The van der Waals surface area contributed by atoms with Crippen LogP contribution in [0.3, 0.4) is 0 Å². The maximum absolute atomic E-state index is 2.47. The van der Waals surface area contributed by atoms with Gasteiger partial charge in [0.1, 0.15) is 0 Å². The molecule has 2 aliphatic rings. The van der Waals surface area contributed by atoms with E-state index < -0.39 is 0 Å². The van der Waals surface area contributed by atoms with Crippen LogP contribution in [0.4, 0.5) is 0 Å². The first-order valence-corrected chi connectivity index (χ1v) is 9.65. The van der Waals surface area contributed by atoms with Crippen molar-refractivity contribution >= 4 is 21.8 Å². The summed E-state index contributed by atoms with van der Waals surface area (Å²) in [6, 6.07) is 26.7. The Hall–Kier alpha value is -2.80. The van der Waals surface area contributed by atoms with E-state index in [9.17, 15) is 0 Å². The summed E-state index contributed by atoms with van der Waals surface area (Å²) < 4.78 is 2.40. The first kappa shape index (κ1) is 14.4. The Balaban J connectivity index is 1.61. The predicted molar refractivity (Wildman–Crippen MR) is 109 cm³/mol. The van der Waals surface area contributed by atoms with Gasteiger partial charge in [0.15, 0.2) is 0 Å². The molecule has 1 heteroatoms. The molecule has 4 aromatic rings. The van der Waals surface area contributed by atoms with E-state index in [-0.39, 0.29) is 0 Å². The maximum Gasteiger partial charge on any atom is 0.0541 e. The molecule has 3 atom stereocenters. The second kappa shape index (κ2) is 5.35. The fraction of sp³-hybridized carbons (Fsp3) is 0.200. The number of benzene rings is 3. The normalized spacial score (nSPS) is 24.1. The molecule has 1 aromatic heterocycles. The second-order valence-electron chi connectivity index (χ2n) is 7.85. The fourth-order valence-corrected chi connectivity index (χ4v) is 5.24. The van der Waals surface area contributed by atoms with Gasteiger partial charge in [-0.3, -0.25) is 0 Å². The van der Waals surface area contributed by atoms with Crippen LogP contribution in [0, 0.1) is 11.8 Å². The molecule has 126 valence electrons. The molecule has 26 heavy (non-hydrogen) atoms. The summed E-state index contributed by atoms with van der Waals surface area (Å²) in [5, 5.41) is 2.74. The van der Waals surface area contributed by atoms with Gasteiger partial charge in [-0.25, -0.2) is 0 Å². The Labute approximate surface area is 153 Å². The lowest BCUT2D eigenvalue weighted by molar-refractivity contribution is 0.586. The van der Waals surface area contributed by atoms with Gasteiger partial charge < -0.3 is 4.57 Å². The number of hydrogen-bond donors (Lipinski definition) is 0. The van der Waals surface area contributed by atoms with Crippen LogP contribution >= 0.6 is 0 Å². The maximum atomic E-state index is 2.47. The standard InChI is InChI=1S/C25H21N/c1-2-6-20(7-3-1)26-24-9-5-4-8-21(24)23-16-19(12-13-25(23)26)22-15-17-10-11-18(22)14-17/h1-13,16-18,22H,14-15H2. The smallest absolute Gasteiger partial charge is 0.0541 e. The number of aromatic nitrogens is 1. The van der Waals surface area contributed by atoms with E-state index in [4.69, 9.17) is 0 Å². The molecule has 2 bridgehead atoms. The van der Waals surface area contributed by atoms with E-state index in [2.05, 4.69) is 89.5 Å². The molecule has 1 fully saturated rings. The highest BCUT2D eigenvalue weighted by Gasteiger charge is 2.36. The Morgan fingerprint density at radius 1 is 0.692 bits per heavy atom. The third-order valence-corrected chi connectivity index (χ3v) is 6.42. The summed E-state index contributed by atoms with van der Waals surface area (Å²) in [5.74, 6) is 2.26. The molecule has 0 aliphatic heterocycles. The number of nitrogens with zero attached hydrogens (tertiary/aromatic N) is 1. The van der Waals surface area contributed by atoms with Crippen LogP contribution in [-0.4, -0.2) is 4.57 Å². The van der Waals surface area contributed by atoms with Gasteiger partial charge in [-0.15, -0.1) is 0 Å². The van der Waals surface area contributed by atoms with Crippen molar-refractivity contribution in [2.45, 2.75) is 18.8 Å². The first-order chi connectivity index (χ1) is 12.9. The lowest BCUT2D eigenvalue weighted by atomic mass is 9.86.